The molecule has 0 aromatic carbocycles. The predicted molar refractivity (Wildman–Crippen MR) is 104 cm³/mol. The standard InChI is InChI=1S/C20H35NO7/c1-5-17(23)21-11-13-26-14-16(22)15-28-18(24)10-8-7-9-12-27-19(25)20(3,4)6-2/h5,16,22H,1,6-15H2,2-4H3,(H,21,23). The van der Waals surface area contributed by atoms with Gasteiger partial charge in [-0.05, 0) is 45.6 Å². The van der Waals surface area contributed by atoms with Crippen LogP contribution in [0.15, 0.2) is 12.7 Å². The van der Waals surface area contributed by atoms with Crippen LogP contribution < -0.4 is 5.32 Å². The number of hydrogen-bond donors (Lipinski definition) is 2. The van der Waals surface area contributed by atoms with Crippen molar-refractivity contribution in [3.63, 3.8) is 0 Å². The zero-order valence-corrected chi connectivity index (χ0v) is 17.3. The van der Waals surface area contributed by atoms with Gasteiger partial charge < -0.3 is 24.6 Å². The van der Waals surface area contributed by atoms with E-state index in [0.717, 1.165) is 18.9 Å². The summed E-state index contributed by atoms with van der Waals surface area (Å²) in [6.45, 7) is 9.74. The van der Waals surface area contributed by atoms with Gasteiger partial charge in [0.05, 0.1) is 25.2 Å². The summed E-state index contributed by atoms with van der Waals surface area (Å²) in [5, 5.41) is 12.2. The zero-order chi connectivity index (χ0) is 21.4. The Bertz CT molecular complexity index is 491. The Balaban J connectivity index is 3.60. The topological polar surface area (TPSA) is 111 Å². The molecule has 1 unspecified atom stereocenters. The molecule has 162 valence electrons. The first-order valence-corrected chi connectivity index (χ1v) is 9.71. The van der Waals surface area contributed by atoms with E-state index in [0.29, 0.717) is 26.0 Å². The summed E-state index contributed by atoms with van der Waals surface area (Å²) in [6.07, 6.45) is 3.28. The molecular formula is C20H35NO7. The van der Waals surface area contributed by atoms with Gasteiger partial charge in [0.15, 0.2) is 0 Å². The van der Waals surface area contributed by atoms with Crippen LogP contribution in [0.3, 0.4) is 0 Å². The molecule has 8 heteroatoms. The van der Waals surface area contributed by atoms with Crippen molar-refractivity contribution in [3.05, 3.63) is 12.7 Å². The summed E-state index contributed by atoms with van der Waals surface area (Å²) in [5.41, 5.74) is -0.464. The fraction of sp³-hybridized carbons (Fsp3) is 0.750. The SMILES string of the molecule is C=CC(=O)NCCOCC(O)COC(=O)CCCCCOC(=O)C(C)(C)CC. The van der Waals surface area contributed by atoms with Crippen LogP contribution in [-0.2, 0) is 28.6 Å². The van der Waals surface area contributed by atoms with Gasteiger partial charge in [-0.1, -0.05) is 13.5 Å². The van der Waals surface area contributed by atoms with E-state index in [1.807, 2.05) is 20.8 Å². The lowest BCUT2D eigenvalue weighted by Gasteiger charge is -2.20. The van der Waals surface area contributed by atoms with Gasteiger partial charge in [0.25, 0.3) is 0 Å². The van der Waals surface area contributed by atoms with Crippen molar-refractivity contribution in [2.24, 2.45) is 5.41 Å². The Morgan fingerprint density at radius 1 is 1.11 bits per heavy atom. The second-order valence-corrected chi connectivity index (χ2v) is 7.09. The van der Waals surface area contributed by atoms with Crippen LogP contribution >= 0.6 is 0 Å². The summed E-state index contributed by atoms with van der Waals surface area (Å²) in [4.78, 5) is 34.3. The molecule has 0 fully saturated rings. The lowest BCUT2D eigenvalue weighted by Crippen LogP contribution is -2.28. The maximum absolute atomic E-state index is 11.8. The first kappa shape index (κ1) is 26.1. The van der Waals surface area contributed by atoms with Crippen molar-refractivity contribution in [1.29, 1.82) is 0 Å². The number of ether oxygens (including phenoxy) is 3. The molecule has 8 nitrogen and oxygen atoms in total. The molecule has 0 saturated heterocycles. The predicted octanol–water partition coefficient (Wildman–Crippen LogP) is 1.75. The number of unbranched alkanes of at least 4 members (excludes halogenated alkanes) is 2. The van der Waals surface area contributed by atoms with Gasteiger partial charge in [-0.25, -0.2) is 0 Å². The molecule has 1 atom stereocenters. The van der Waals surface area contributed by atoms with Crippen LogP contribution in [0.5, 0.6) is 0 Å². The number of nitrogens with one attached hydrogen (secondary N) is 1. The molecular weight excluding hydrogens is 366 g/mol. The Morgan fingerprint density at radius 3 is 2.46 bits per heavy atom. The van der Waals surface area contributed by atoms with E-state index in [-0.39, 0.29) is 44.1 Å². The Hall–Kier alpha value is -1.93. The van der Waals surface area contributed by atoms with E-state index in [1.165, 1.54) is 0 Å². The molecule has 0 aromatic heterocycles. The minimum absolute atomic E-state index is 0.0106. The van der Waals surface area contributed by atoms with Crippen LogP contribution in [-0.4, -0.2) is 62.0 Å². The summed E-state index contributed by atoms with van der Waals surface area (Å²) >= 11 is 0. The number of carbonyl (C=O) groups is 3. The molecule has 2 N–H and O–H groups in total. The second kappa shape index (κ2) is 15.0. The van der Waals surface area contributed by atoms with Crippen LogP contribution in [0.2, 0.25) is 0 Å². The van der Waals surface area contributed by atoms with Crippen LogP contribution in [0.1, 0.15) is 52.9 Å². The second-order valence-electron chi connectivity index (χ2n) is 7.09. The monoisotopic (exact) mass is 401 g/mol. The van der Waals surface area contributed by atoms with Crippen LogP contribution in [0.4, 0.5) is 0 Å². The molecule has 0 aliphatic rings. The smallest absolute Gasteiger partial charge is 0.311 e. The molecule has 0 radical (unpaired) electrons. The van der Waals surface area contributed by atoms with Gasteiger partial charge in [0.2, 0.25) is 5.91 Å². The van der Waals surface area contributed by atoms with Crippen LogP contribution in [0.25, 0.3) is 0 Å². The Labute approximate surface area is 167 Å². The number of esters is 2. The quantitative estimate of drug-likeness (QED) is 0.230. The summed E-state index contributed by atoms with van der Waals surface area (Å²) in [7, 11) is 0. The fourth-order valence-corrected chi connectivity index (χ4v) is 1.90. The number of aliphatic hydroxyl groups excluding tert-OH is 1. The summed E-state index contributed by atoms with van der Waals surface area (Å²) in [5.74, 6) is -0.879. The maximum Gasteiger partial charge on any atom is 0.311 e. The highest BCUT2D eigenvalue weighted by Crippen LogP contribution is 2.21. The molecule has 0 aliphatic carbocycles. The van der Waals surface area contributed by atoms with Crippen LogP contribution in [0, 0.1) is 5.41 Å². The first-order chi connectivity index (χ1) is 13.2. The maximum atomic E-state index is 11.8. The lowest BCUT2D eigenvalue weighted by atomic mass is 9.91. The van der Waals surface area contributed by atoms with Gasteiger partial charge in [-0.3, -0.25) is 14.4 Å². The van der Waals surface area contributed by atoms with Gasteiger partial charge in [-0.2, -0.15) is 0 Å². The third-order valence-electron chi connectivity index (χ3n) is 4.17. The zero-order valence-electron chi connectivity index (χ0n) is 17.3. The van der Waals surface area contributed by atoms with Crippen molar-refractivity contribution >= 4 is 17.8 Å². The normalized spacial score (nSPS) is 12.1. The van der Waals surface area contributed by atoms with E-state index in [9.17, 15) is 19.5 Å². The highest BCUT2D eigenvalue weighted by Gasteiger charge is 2.26. The van der Waals surface area contributed by atoms with Crippen molar-refractivity contribution in [2.45, 2.75) is 59.0 Å². The average Bonchev–Trinajstić information content (AvgIpc) is 2.68. The molecule has 1 amide bonds. The van der Waals surface area contributed by atoms with E-state index in [2.05, 4.69) is 11.9 Å². The number of amides is 1. The fourth-order valence-electron chi connectivity index (χ4n) is 1.90. The third kappa shape index (κ3) is 13.3. The van der Waals surface area contributed by atoms with Crippen molar-refractivity contribution in [3.8, 4) is 0 Å². The number of rotatable bonds is 16. The molecule has 0 saturated carbocycles. The molecule has 0 aromatic rings. The number of hydrogen-bond acceptors (Lipinski definition) is 7. The van der Waals surface area contributed by atoms with E-state index < -0.39 is 11.5 Å². The van der Waals surface area contributed by atoms with Crippen molar-refractivity contribution in [1.82, 2.24) is 5.32 Å². The first-order valence-electron chi connectivity index (χ1n) is 9.71. The lowest BCUT2D eigenvalue weighted by molar-refractivity contribution is -0.154. The van der Waals surface area contributed by atoms with E-state index in [4.69, 9.17) is 14.2 Å². The van der Waals surface area contributed by atoms with E-state index in [1.54, 1.807) is 0 Å². The summed E-state index contributed by atoms with van der Waals surface area (Å²) < 4.78 is 15.4. The molecule has 0 spiro atoms. The largest absolute Gasteiger partial charge is 0.465 e. The minimum Gasteiger partial charge on any atom is -0.465 e. The number of carbonyl (C=O) groups excluding carboxylic acids is 3. The van der Waals surface area contributed by atoms with Gasteiger partial charge in [0.1, 0.15) is 12.7 Å². The molecule has 0 heterocycles. The van der Waals surface area contributed by atoms with Gasteiger partial charge >= 0.3 is 11.9 Å². The number of aliphatic hydroxyl groups is 1. The van der Waals surface area contributed by atoms with E-state index >= 15 is 0 Å². The molecule has 0 aliphatic heterocycles. The Kier molecular flexibility index (Phi) is 14.0. The average molecular weight is 402 g/mol. The van der Waals surface area contributed by atoms with Crippen molar-refractivity contribution < 1.29 is 33.7 Å². The minimum atomic E-state index is -0.916. The highest BCUT2D eigenvalue weighted by atomic mass is 16.5. The Morgan fingerprint density at radius 2 is 1.82 bits per heavy atom. The van der Waals surface area contributed by atoms with Gasteiger partial charge in [0, 0.05) is 13.0 Å². The molecule has 28 heavy (non-hydrogen) atoms. The van der Waals surface area contributed by atoms with Crippen molar-refractivity contribution in [2.75, 3.05) is 33.0 Å². The molecule has 0 bridgehead atoms. The summed E-state index contributed by atoms with van der Waals surface area (Å²) in [6, 6.07) is 0. The third-order valence-corrected chi connectivity index (χ3v) is 4.17. The highest BCUT2D eigenvalue weighted by molar-refractivity contribution is 5.86. The molecule has 0 rings (SSSR count). The van der Waals surface area contributed by atoms with Gasteiger partial charge in [-0.15, -0.1) is 0 Å².